The minimum Gasteiger partial charge on any atom is -0.391 e. The summed E-state index contributed by atoms with van der Waals surface area (Å²) in [5.41, 5.74) is 1.13. The van der Waals surface area contributed by atoms with Gasteiger partial charge in [-0.25, -0.2) is 0 Å². The maximum atomic E-state index is 12.0. The van der Waals surface area contributed by atoms with E-state index in [1.807, 2.05) is 6.07 Å². The van der Waals surface area contributed by atoms with E-state index in [9.17, 15) is 9.90 Å². The Morgan fingerprint density at radius 3 is 3.05 bits per heavy atom. The highest BCUT2D eigenvalue weighted by Crippen LogP contribution is 2.26. The number of rotatable bonds is 5. The van der Waals surface area contributed by atoms with Crippen LogP contribution in [0.25, 0.3) is 0 Å². The van der Waals surface area contributed by atoms with Gasteiger partial charge in [0.1, 0.15) is 0 Å². The maximum Gasteiger partial charge on any atom is 0.261 e. The first-order chi connectivity index (χ1) is 9.06. The van der Waals surface area contributed by atoms with Crippen molar-refractivity contribution in [2.24, 2.45) is 5.92 Å². The molecule has 1 aromatic heterocycles. The quantitative estimate of drug-likeness (QED) is 0.868. The van der Waals surface area contributed by atoms with Crippen LogP contribution in [0.5, 0.6) is 0 Å². The van der Waals surface area contributed by atoms with Gasteiger partial charge < -0.3 is 15.2 Å². The molecule has 2 heterocycles. The number of carbonyl (C=O) groups is 1. The molecule has 0 aromatic carbocycles. The SMILES string of the molecule is CC(C)CC(O)CNC(=O)c1cc2c(s1)CCOC2. The number of amides is 1. The number of nitrogens with one attached hydrogen (secondary N) is 1. The van der Waals surface area contributed by atoms with Crippen molar-refractivity contribution in [1.29, 1.82) is 0 Å². The Bertz CT molecular complexity index is 418. The average Bonchev–Trinajstić information content (AvgIpc) is 2.78. The Kier molecular flexibility index (Phi) is 4.96. The number of fused-ring (bicyclic) bond motifs is 1. The van der Waals surface area contributed by atoms with E-state index in [1.54, 1.807) is 0 Å². The number of aliphatic hydroxyl groups excluding tert-OH is 1. The highest BCUT2D eigenvalue weighted by molar-refractivity contribution is 7.14. The lowest BCUT2D eigenvalue weighted by atomic mass is 10.1. The Morgan fingerprint density at radius 1 is 1.58 bits per heavy atom. The zero-order chi connectivity index (χ0) is 13.8. The molecule has 0 saturated heterocycles. The van der Waals surface area contributed by atoms with E-state index in [1.165, 1.54) is 16.2 Å². The number of thiophene rings is 1. The normalized spacial score (nSPS) is 16.2. The van der Waals surface area contributed by atoms with Crippen molar-refractivity contribution in [3.8, 4) is 0 Å². The Hall–Kier alpha value is -0.910. The lowest BCUT2D eigenvalue weighted by Crippen LogP contribution is -2.32. The molecule has 0 bridgehead atoms. The van der Waals surface area contributed by atoms with E-state index >= 15 is 0 Å². The third-order valence-corrected chi connectivity index (χ3v) is 4.33. The minimum atomic E-state index is -0.470. The molecule has 106 valence electrons. The first kappa shape index (κ1) is 14.5. The van der Waals surface area contributed by atoms with Gasteiger partial charge in [0.05, 0.1) is 24.2 Å². The van der Waals surface area contributed by atoms with Crippen LogP contribution in [0.1, 0.15) is 40.4 Å². The molecule has 0 spiro atoms. The monoisotopic (exact) mass is 283 g/mol. The highest BCUT2D eigenvalue weighted by atomic mass is 32.1. The molecular formula is C14H21NO3S. The molecule has 0 fully saturated rings. The molecule has 1 aliphatic rings. The molecule has 5 heteroatoms. The first-order valence-electron chi connectivity index (χ1n) is 6.72. The minimum absolute atomic E-state index is 0.0952. The predicted molar refractivity (Wildman–Crippen MR) is 75.5 cm³/mol. The fraction of sp³-hybridized carbons (Fsp3) is 0.643. The zero-order valence-electron chi connectivity index (χ0n) is 11.4. The summed E-state index contributed by atoms with van der Waals surface area (Å²) in [7, 11) is 0. The van der Waals surface area contributed by atoms with Crippen molar-refractivity contribution in [2.75, 3.05) is 13.2 Å². The Labute approximate surface area is 117 Å². The van der Waals surface area contributed by atoms with E-state index in [0.29, 0.717) is 30.4 Å². The second kappa shape index (κ2) is 6.50. The standard InChI is InChI=1S/C14H21NO3S/c1-9(2)5-11(16)7-15-14(17)13-6-10-8-18-4-3-12(10)19-13/h6,9,11,16H,3-5,7-8H2,1-2H3,(H,15,17). The molecule has 2 rings (SSSR count). The van der Waals surface area contributed by atoms with E-state index < -0.39 is 6.10 Å². The second-order valence-electron chi connectivity index (χ2n) is 5.36. The van der Waals surface area contributed by atoms with Crippen LogP contribution in [0.3, 0.4) is 0 Å². The van der Waals surface area contributed by atoms with E-state index in [4.69, 9.17) is 4.74 Å². The van der Waals surface area contributed by atoms with Gasteiger partial charge in [0.15, 0.2) is 0 Å². The third-order valence-electron chi connectivity index (χ3n) is 3.09. The van der Waals surface area contributed by atoms with Gasteiger partial charge in [-0.1, -0.05) is 13.8 Å². The molecule has 1 amide bonds. The van der Waals surface area contributed by atoms with E-state index in [-0.39, 0.29) is 5.91 Å². The zero-order valence-corrected chi connectivity index (χ0v) is 12.3. The molecule has 4 nitrogen and oxygen atoms in total. The maximum absolute atomic E-state index is 12.0. The lowest BCUT2D eigenvalue weighted by Gasteiger charge is -2.13. The second-order valence-corrected chi connectivity index (χ2v) is 6.49. The van der Waals surface area contributed by atoms with Crippen LogP contribution in [0.15, 0.2) is 6.07 Å². The van der Waals surface area contributed by atoms with Crippen molar-refractivity contribution < 1.29 is 14.6 Å². The number of carbonyl (C=O) groups excluding carboxylic acids is 1. The van der Waals surface area contributed by atoms with Crippen LogP contribution in [0, 0.1) is 5.92 Å². The molecule has 0 aliphatic carbocycles. The summed E-state index contributed by atoms with van der Waals surface area (Å²) in [4.78, 5) is 14.0. The summed E-state index contributed by atoms with van der Waals surface area (Å²) >= 11 is 1.54. The lowest BCUT2D eigenvalue weighted by molar-refractivity contribution is 0.0903. The van der Waals surface area contributed by atoms with Crippen LogP contribution < -0.4 is 5.32 Å². The number of hydrogen-bond acceptors (Lipinski definition) is 4. The van der Waals surface area contributed by atoms with Crippen LogP contribution >= 0.6 is 11.3 Å². The number of hydrogen-bond donors (Lipinski definition) is 2. The average molecular weight is 283 g/mol. The Morgan fingerprint density at radius 2 is 2.37 bits per heavy atom. The van der Waals surface area contributed by atoms with Crippen molar-refractivity contribution >= 4 is 17.2 Å². The highest BCUT2D eigenvalue weighted by Gasteiger charge is 2.18. The molecule has 0 saturated carbocycles. The van der Waals surface area contributed by atoms with Gasteiger partial charge in [-0.15, -0.1) is 11.3 Å². The fourth-order valence-electron chi connectivity index (χ4n) is 2.18. The molecule has 19 heavy (non-hydrogen) atoms. The summed E-state index contributed by atoms with van der Waals surface area (Å²) in [6, 6.07) is 1.91. The van der Waals surface area contributed by atoms with Crippen molar-refractivity contribution in [3.63, 3.8) is 0 Å². The molecule has 2 N–H and O–H groups in total. The van der Waals surface area contributed by atoms with Crippen molar-refractivity contribution in [1.82, 2.24) is 5.32 Å². The summed E-state index contributed by atoms with van der Waals surface area (Å²) < 4.78 is 5.37. The van der Waals surface area contributed by atoms with E-state index in [2.05, 4.69) is 19.2 Å². The van der Waals surface area contributed by atoms with Gasteiger partial charge in [-0.2, -0.15) is 0 Å². The molecule has 1 unspecified atom stereocenters. The largest absolute Gasteiger partial charge is 0.391 e. The van der Waals surface area contributed by atoms with Gasteiger partial charge in [0.25, 0.3) is 5.91 Å². The summed E-state index contributed by atoms with van der Waals surface area (Å²) in [6.07, 6.45) is 1.13. The summed E-state index contributed by atoms with van der Waals surface area (Å²) in [6.45, 7) is 5.77. The van der Waals surface area contributed by atoms with Crippen LogP contribution in [-0.4, -0.2) is 30.3 Å². The van der Waals surface area contributed by atoms with Gasteiger partial charge in [-0.3, -0.25) is 4.79 Å². The van der Waals surface area contributed by atoms with Crippen molar-refractivity contribution in [3.05, 3.63) is 21.4 Å². The number of ether oxygens (including phenoxy) is 1. The van der Waals surface area contributed by atoms with Crippen LogP contribution in [-0.2, 0) is 17.8 Å². The molecule has 1 atom stereocenters. The van der Waals surface area contributed by atoms with Crippen LogP contribution in [0.2, 0.25) is 0 Å². The molecule has 0 radical (unpaired) electrons. The number of aliphatic hydroxyl groups is 1. The topological polar surface area (TPSA) is 58.6 Å². The van der Waals surface area contributed by atoms with Gasteiger partial charge in [0, 0.05) is 17.8 Å². The van der Waals surface area contributed by atoms with Gasteiger partial charge in [-0.05, 0) is 24.0 Å². The third kappa shape index (κ3) is 4.03. The van der Waals surface area contributed by atoms with Crippen LogP contribution in [0.4, 0.5) is 0 Å². The predicted octanol–water partition coefficient (Wildman–Crippen LogP) is 1.96. The van der Waals surface area contributed by atoms with Crippen molar-refractivity contribution in [2.45, 2.75) is 39.4 Å². The first-order valence-corrected chi connectivity index (χ1v) is 7.53. The van der Waals surface area contributed by atoms with E-state index in [0.717, 1.165) is 18.6 Å². The smallest absolute Gasteiger partial charge is 0.261 e. The molecule has 1 aliphatic heterocycles. The van der Waals surface area contributed by atoms with Gasteiger partial charge >= 0.3 is 0 Å². The summed E-state index contributed by atoms with van der Waals surface area (Å²) in [5.74, 6) is 0.334. The summed E-state index contributed by atoms with van der Waals surface area (Å²) in [5, 5.41) is 12.5. The molecule has 1 aromatic rings. The Balaban J connectivity index is 1.87. The molecular weight excluding hydrogens is 262 g/mol. The fourth-order valence-corrected chi connectivity index (χ4v) is 3.25. The van der Waals surface area contributed by atoms with Gasteiger partial charge in [0.2, 0.25) is 0 Å².